The lowest BCUT2D eigenvalue weighted by Crippen LogP contribution is -2.29. The van der Waals surface area contributed by atoms with Crippen molar-refractivity contribution in [3.8, 4) is 0 Å². The molecule has 2 nitrogen and oxygen atoms in total. The Balaban J connectivity index is 2.77. The molecule has 1 rings (SSSR count). The van der Waals surface area contributed by atoms with Crippen LogP contribution in [0.5, 0.6) is 0 Å². The zero-order valence-electron chi connectivity index (χ0n) is 11.6. The van der Waals surface area contributed by atoms with Crippen LogP contribution in [-0.2, 0) is 0 Å². The van der Waals surface area contributed by atoms with E-state index in [1.54, 1.807) is 0 Å². The second-order valence-corrected chi connectivity index (χ2v) is 5.74. The van der Waals surface area contributed by atoms with E-state index in [1.807, 2.05) is 31.2 Å². The number of hydrogen-bond donors (Lipinski definition) is 0. The van der Waals surface area contributed by atoms with Crippen molar-refractivity contribution in [1.82, 2.24) is 0 Å². The van der Waals surface area contributed by atoms with Crippen LogP contribution >= 0.6 is 0 Å². The Morgan fingerprint density at radius 3 is 2.12 bits per heavy atom. The lowest BCUT2D eigenvalue weighted by atomic mass is 9.96. The average Bonchev–Trinajstić information content (AvgIpc) is 2.26. The van der Waals surface area contributed by atoms with Gasteiger partial charge in [-0.2, -0.15) is 0 Å². The van der Waals surface area contributed by atoms with E-state index >= 15 is 0 Å². The molecule has 0 N–H and O–H groups in total. The molecule has 0 aliphatic carbocycles. The Bertz CT molecular complexity index is 373. The highest BCUT2D eigenvalue weighted by atomic mass is 16.1. The molecule has 0 bridgehead atoms. The molecule has 0 spiro atoms. The van der Waals surface area contributed by atoms with Crippen LogP contribution in [0.15, 0.2) is 24.3 Å². The van der Waals surface area contributed by atoms with Crippen LogP contribution in [0.1, 0.15) is 44.5 Å². The van der Waals surface area contributed by atoms with Gasteiger partial charge in [-0.1, -0.05) is 27.7 Å². The average molecular weight is 233 g/mol. The zero-order chi connectivity index (χ0) is 13.1. The maximum atomic E-state index is 11.5. The first-order valence-corrected chi connectivity index (χ1v) is 6.18. The van der Waals surface area contributed by atoms with Crippen LogP contribution in [0.4, 0.5) is 5.69 Å². The van der Waals surface area contributed by atoms with Crippen LogP contribution in [0, 0.1) is 5.41 Å². The molecule has 0 radical (unpaired) electrons. The SMILES string of the molecule is CCC(=O)c1ccc(N(C)CC(C)(C)C)cc1. The van der Waals surface area contributed by atoms with Gasteiger partial charge in [-0.3, -0.25) is 4.79 Å². The van der Waals surface area contributed by atoms with Crippen molar-refractivity contribution >= 4 is 11.5 Å². The van der Waals surface area contributed by atoms with E-state index in [0.717, 1.165) is 17.8 Å². The number of benzene rings is 1. The molecule has 17 heavy (non-hydrogen) atoms. The van der Waals surface area contributed by atoms with E-state index in [9.17, 15) is 4.79 Å². The summed E-state index contributed by atoms with van der Waals surface area (Å²) in [5.74, 6) is 0.204. The normalized spacial score (nSPS) is 11.4. The summed E-state index contributed by atoms with van der Waals surface area (Å²) in [7, 11) is 2.09. The molecule has 0 saturated carbocycles. The van der Waals surface area contributed by atoms with Gasteiger partial charge < -0.3 is 4.90 Å². The number of anilines is 1. The van der Waals surface area contributed by atoms with Gasteiger partial charge in [0, 0.05) is 31.3 Å². The third kappa shape index (κ3) is 4.22. The standard InChI is InChI=1S/C15H23NO/c1-6-14(17)12-7-9-13(10-8-12)16(5)11-15(2,3)4/h7-10H,6,11H2,1-5H3. The fourth-order valence-electron chi connectivity index (χ4n) is 1.91. The molecule has 0 fully saturated rings. The molecule has 0 aliphatic heterocycles. The van der Waals surface area contributed by atoms with E-state index in [1.165, 1.54) is 0 Å². The number of hydrogen-bond acceptors (Lipinski definition) is 2. The van der Waals surface area contributed by atoms with Gasteiger partial charge in [0.2, 0.25) is 0 Å². The second-order valence-electron chi connectivity index (χ2n) is 5.74. The highest BCUT2D eigenvalue weighted by Crippen LogP contribution is 2.20. The molecule has 1 aromatic rings. The number of ketones is 1. The molecule has 0 heterocycles. The van der Waals surface area contributed by atoms with Gasteiger partial charge in [-0.25, -0.2) is 0 Å². The number of nitrogens with zero attached hydrogens (tertiary/aromatic N) is 1. The Kier molecular flexibility index (Phi) is 4.33. The summed E-state index contributed by atoms with van der Waals surface area (Å²) in [6, 6.07) is 7.88. The predicted octanol–water partition coefficient (Wildman–Crippen LogP) is 3.76. The summed E-state index contributed by atoms with van der Waals surface area (Å²) in [6.45, 7) is 9.55. The van der Waals surface area contributed by atoms with Crippen molar-refractivity contribution in [1.29, 1.82) is 0 Å². The number of Topliss-reactive ketones (excluding diaryl/α,β-unsaturated/α-hetero) is 1. The Hall–Kier alpha value is -1.31. The van der Waals surface area contributed by atoms with Crippen molar-refractivity contribution in [3.63, 3.8) is 0 Å². The van der Waals surface area contributed by atoms with Crippen LogP contribution in [0.25, 0.3) is 0 Å². The Morgan fingerprint density at radius 2 is 1.71 bits per heavy atom. The van der Waals surface area contributed by atoms with Crippen LogP contribution in [0.3, 0.4) is 0 Å². The van der Waals surface area contributed by atoms with Crippen molar-refractivity contribution in [2.45, 2.75) is 34.1 Å². The molecular formula is C15H23NO. The summed E-state index contributed by atoms with van der Waals surface area (Å²) < 4.78 is 0. The van der Waals surface area contributed by atoms with E-state index in [0.29, 0.717) is 6.42 Å². The summed E-state index contributed by atoms with van der Waals surface area (Å²) in [4.78, 5) is 13.7. The molecule has 0 aromatic heterocycles. The zero-order valence-corrected chi connectivity index (χ0v) is 11.6. The fourth-order valence-corrected chi connectivity index (χ4v) is 1.91. The quantitative estimate of drug-likeness (QED) is 0.738. The monoisotopic (exact) mass is 233 g/mol. The third-order valence-electron chi connectivity index (χ3n) is 2.66. The first-order chi connectivity index (χ1) is 7.83. The Morgan fingerprint density at radius 1 is 1.18 bits per heavy atom. The number of carbonyl (C=O) groups is 1. The highest BCUT2D eigenvalue weighted by Gasteiger charge is 2.14. The largest absolute Gasteiger partial charge is 0.374 e. The van der Waals surface area contributed by atoms with Crippen molar-refractivity contribution in [2.75, 3.05) is 18.5 Å². The van der Waals surface area contributed by atoms with Crippen LogP contribution in [-0.4, -0.2) is 19.4 Å². The summed E-state index contributed by atoms with van der Waals surface area (Å²) in [6.07, 6.45) is 0.567. The molecule has 2 heteroatoms. The minimum atomic E-state index is 0.204. The summed E-state index contributed by atoms with van der Waals surface area (Å²) >= 11 is 0. The van der Waals surface area contributed by atoms with Gasteiger partial charge in [-0.05, 0) is 29.7 Å². The molecular weight excluding hydrogens is 210 g/mol. The number of rotatable bonds is 4. The molecule has 1 aromatic carbocycles. The maximum Gasteiger partial charge on any atom is 0.162 e. The van der Waals surface area contributed by atoms with Crippen LogP contribution < -0.4 is 4.90 Å². The highest BCUT2D eigenvalue weighted by molar-refractivity contribution is 5.96. The molecule has 0 amide bonds. The van der Waals surface area contributed by atoms with E-state index in [2.05, 4.69) is 32.7 Å². The summed E-state index contributed by atoms with van der Waals surface area (Å²) in [5, 5.41) is 0. The second kappa shape index (κ2) is 5.35. The first-order valence-electron chi connectivity index (χ1n) is 6.18. The molecule has 0 atom stereocenters. The number of carbonyl (C=O) groups excluding carboxylic acids is 1. The fraction of sp³-hybridized carbons (Fsp3) is 0.533. The van der Waals surface area contributed by atoms with Crippen molar-refractivity contribution < 1.29 is 4.79 Å². The molecule has 0 unspecified atom stereocenters. The van der Waals surface area contributed by atoms with E-state index < -0.39 is 0 Å². The van der Waals surface area contributed by atoms with Gasteiger partial charge in [0.05, 0.1) is 0 Å². The molecule has 0 saturated heterocycles. The molecule has 0 aliphatic rings. The Labute approximate surface area is 105 Å². The van der Waals surface area contributed by atoms with Gasteiger partial charge in [0.1, 0.15) is 0 Å². The maximum absolute atomic E-state index is 11.5. The smallest absolute Gasteiger partial charge is 0.162 e. The van der Waals surface area contributed by atoms with Crippen LogP contribution in [0.2, 0.25) is 0 Å². The van der Waals surface area contributed by atoms with Gasteiger partial charge in [-0.15, -0.1) is 0 Å². The lowest BCUT2D eigenvalue weighted by molar-refractivity contribution is 0.0988. The van der Waals surface area contributed by atoms with Crippen molar-refractivity contribution in [2.24, 2.45) is 5.41 Å². The predicted molar refractivity (Wildman–Crippen MR) is 73.8 cm³/mol. The lowest BCUT2D eigenvalue weighted by Gasteiger charge is -2.28. The van der Waals surface area contributed by atoms with Gasteiger partial charge in [0.25, 0.3) is 0 Å². The third-order valence-corrected chi connectivity index (χ3v) is 2.66. The van der Waals surface area contributed by atoms with E-state index in [-0.39, 0.29) is 11.2 Å². The first kappa shape index (κ1) is 13.8. The summed E-state index contributed by atoms with van der Waals surface area (Å²) in [5.41, 5.74) is 2.24. The van der Waals surface area contributed by atoms with Gasteiger partial charge in [0.15, 0.2) is 5.78 Å². The van der Waals surface area contributed by atoms with Crippen molar-refractivity contribution in [3.05, 3.63) is 29.8 Å². The van der Waals surface area contributed by atoms with E-state index in [4.69, 9.17) is 0 Å². The van der Waals surface area contributed by atoms with Gasteiger partial charge >= 0.3 is 0 Å². The molecule has 94 valence electrons. The minimum Gasteiger partial charge on any atom is -0.374 e. The topological polar surface area (TPSA) is 20.3 Å². The minimum absolute atomic E-state index is 0.204.